The van der Waals surface area contributed by atoms with Gasteiger partial charge in [0.2, 0.25) is 5.91 Å². The monoisotopic (exact) mass is 616 g/mol. The van der Waals surface area contributed by atoms with Gasteiger partial charge in [-0.15, -0.1) is 0 Å². The first-order chi connectivity index (χ1) is 16.6. The molecule has 1 aliphatic rings. The van der Waals surface area contributed by atoms with E-state index in [0.717, 1.165) is 0 Å². The normalized spacial score (nSPS) is 15.9. The highest BCUT2D eigenvalue weighted by molar-refractivity contribution is 14.1. The molecule has 0 aliphatic carbocycles. The molecule has 3 rings (SSSR count). The first-order valence-corrected chi connectivity index (χ1v) is 11.7. The molecule has 0 bridgehead atoms. The van der Waals surface area contributed by atoms with E-state index in [1.54, 1.807) is 0 Å². The lowest BCUT2D eigenvalue weighted by Gasteiger charge is -2.20. The van der Waals surface area contributed by atoms with Gasteiger partial charge in [0.25, 0.3) is 5.91 Å². The number of pyridine rings is 1. The third kappa shape index (κ3) is 7.66. The van der Waals surface area contributed by atoms with E-state index in [-0.39, 0.29) is 28.4 Å². The van der Waals surface area contributed by atoms with E-state index in [2.05, 4.69) is 31.2 Å². The third-order valence-corrected chi connectivity index (χ3v) is 5.83. The summed E-state index contributed by atoms with van der Waals surface area (Å²) in [7, 11) is 0. The summed E-state index contributed by atoms with van der Waals surface area (Å²) in [5, 5.41) is 40.1. The van der Waals surface area contributed by atoms with Gasteiger partial charge >= 0.3 is 5.97 Å². The molecule has 2 aromatic rings. The Labute approximate surface area is 218 Å². The van der Waals surface area contributed by atoms with Gasteiger partial charge in [0.1, 0.15) is 5.75 Å². The van der Waals surface area contributed by atoms with Crippen molar-refractivity contribution < 1.29 is 29.7 Å². The Balaban J connectivity index is 1.62. The maximum atomic E-state index is 12.5. The molecule has 1 aromatic carbocycles. The maximum absolute atomic E-state index is 12.5. The number of phenolic OH excluding ortho intramolecular Hbond substituents is 1. The number of halogens is 2. The second kappa shape index (κ2) is 12.0. The molecule has 1 aliphatic heterocycles. The average molecular weight is 617 g/mol. The van der Waals surface area contributed by atoms with Crippen molar-refractivity contribution >= 4 is 63.6 Å². The number of amides is 2. The number of anilines is 1. The van der Waals surface area contributed by atoms with Gasteiger partial charge < -0.3 is 36.6 Å². The number of rotatable bonds is 8. The molecule has 12 nitrogen and oxygen atoms in total. The number of nitrogens with zero attached hydrogens (tertiary/aromatic N) is 2. The van der Waals surface area contributed by atoms with Gasteiger partial charge in [-0.3, -0.25) is 24.4 Å². The van der Waals surface area contributed by atoms with Gasteiger partial charge in [0, 0.05) is 23.3 Å². The molecule has 1 unspecified atom stereocenters. The van der Waals surface area contributed by atoms with Crippen molar-refractivity contribution in [3.63, 3.8) is 0 Å². The Hall–Kier alpha value is -3.17. The smallest absolute Gasteiger partial charge is 0.305 e. The molecule has 2 amide bonds. The summed E-state index contributed by atoms with van der Waals surface area (Å²) in [5.74, 6) is -2.21. The highest BCUT2D eigenvalue weighted by Crippen LogP contribution is 2.34. The lowest BCUT2D eigenvalue weighted by atomic mass is 10.0. The number of carbonyl (C=O) groups is 3. The molecule has 1 aromatic heterocycles. The number of aliphatic carboxylic acids is 1. The third-order valence-electron chi connectivity index (χ3n) is 4.78. The van der Waals surface area contributed by atoms with E-state index < -0.39 is 42.9 Å². The molecule has 186 valence electrons. The average Bonchev–Trinajstić information content (AvgIpc) is 2.81. The predicted octanol–water partition coefficient (Wildman–Crippen LogP) is 0.839. The summed E-state index contributed by atoms with van der Waals surface area (Å²) < 4.78 is 0.398. The van der Waals surface area contributed by atoms with Crippen molar-refractivity contribution in [1.29, 1.82) is 0 Å². The molecule has 2 heterocycles. The molecule has 35 heavy (non-hydrogen) atoms. The number of carboxylic acids is 1. The SMILES string of the molecule is O=C(O)C[C@H](NC(=O)CNC(=O)c1cncc(NC2=NCC(O)CN2)c1)c1cc(Cl)cc(I)c1O. The van der Waals surface area contributed by atoms with Crippen LogP contribution in [0.3, 0.4) is 0 Å². The van der Waals surface area contributed by atoms with Crippen LogP contribution in [-0.2, 0) is 9.59 Å². The van der Waals surface area contributed by atoms with Crippen molar-refractivity contribution in [3.05, 3.63) is 50.3 Å². The number of β-amino-alcohol motifs (C(OH)–C–C–N with tert-alkyl or cyclic N) is 1. The van der Waals surface area contributed by atoms with Gasteiger partial charge in [0.15, 0.2) is 5.96 Å². The number of aliphatic hydroxyl groups is 1. The van der Waals surface area contributed by atoms with Crippen molar-refractivity contribution in [1.82, 2.24) is 20.9 Å². The molecule has 0 radical (unpaired) electrons. The van der Waals surface area contributed by atoms with Crippen molar-refractivity contribution in [2.24, 2.45) is 4.99 Å². The summed E-state index contributed by atoms with van der Waals surface area (Å²) in [5.41, 5.74) is 0.791. The molecule has 0 fully saturated rings. The van der Waals surface area contributed by atoms with Gasteiger partial charge in [-0.05, 0) is 40.8 Å². The number of phenols is 1. The second-order valence-electron chi connectivity index (χ2n) is 7.54. The zero-order valence-electron chi connectivity index (χ0n) is 18.1. The number of benzene rings is 1. The molecule has 0 saturated heterocycles. The van der Waals surface area contributed by atoms with E-state index in [1.807, 2.05) is 22.6 Å². The summed E-state index contributed by atoms with van der Waals surface area (Å²) in [6.45, 7) is 0.133. The minimum atomic E-state index is -1.20. The fourth-order valence-electron chi connectivity index (χ4n) is 3.16. The van der Waals surface area contributed by atoms with Gasteiger partial charge in [-0.2, -0.15) is 0 Å². The van der Waals surface area contributed by atoms with Crippen LogP contribution in [0.5, 0.6) is 5.75 Å². The number of hydrogen-bond acceptors (Lipinski definition) is 9. The molecule has 14 heteroatoms. The summed E-state index contributed by atoms with van der Waals surface area (Å²) >= 11 is 7.87. The number of aromatic nitrogens is 1. The van der Waals surface area contributed by atoms with E-state index in [0.29, 0.717) is 21.8 Å². The Morgan fingerprint density at radius 3 is 2.71 bits per heavy atom. The second-order valence-corrected chi connectivity index (χ2v) is 9.14. The molecule has 7 N–H and O–H groups in total. The molecular weight excluding hydrogens is 595 g/mol. The van der Waals surface area contributed by atoms with Crippen LogP contribution in [0.1, 0.15) is 28.4 Å². The number of hydrogen-bond donors (Lipinski definition) is 7. The minimum Gasteiger partial charge on any atom is -0.506 e. The standard InChI is InChI=1S/C21H22ClIN6O6/c22-11-2-14(19(34)15(23)3-11)16(4-18(32)33)29-17(31)9-25-20(35)10-1-12(6-24-5-10)28-21-26-7-13(30)8-27-21/h1-3,5-6,13,16,30,34H,4,7-9H2,(H,25,35)(H,29,31)(H,32,33)(H2,26,27,28)/t16-/m0/s1. The Morgan fingerprint density at radius 2 is 2.03 bits per heavy atom. The number of aromatic hydroxyl groups is 1. The van der Waals surface area contributed by atoms with Crippen LogP contribution < -0.4 is 21.3 Å². The molecular formula is C21H22ClIN6O6. The van der Waals surface area contributed by atoms with E-state index in [1.165, 1.54) is 30.6 Å². The van der Waals surface area contributed by atoms with Crippen LogP contribution >= 0.6 is 34.2 Å². The lowest BCUT2D eigenvalue weighted by molar-refractivity contribution is -0.137. The van der Waals surface area contributed by atoms with Crippen molar-refractivity contribution in [2.45, 2.75) is 18.6 Å². The number of aliphatic hydroxyl groups excluding tert-OH is 1. The zero-order chi connectivity index (χ0) is 25.5. The quantitative estimate of drug-likeness (QED) is 0.211. The topological polar surface area (TPSA) is 185 Å². The predicted molar refractivity (Wildman–Crippen MR) is 135 cm³/mol. The van der Waals surface area contributed by atoms with E-state index in [9.17, 15) is 29.7 Å². The summed E-state index contributed by atoms with van der Waals surface area (Å²) in [4.78, 5) is 44.4. The molecule has 0 saturated carbocycles. The van der Waals surface area contributed by atoms with Gasteiger partial charge in [-0.1, -0.05) is 11.6 Å². The lowest BCUT2D eigenvalue weighted by Crippen LogP contribution is -2.42. The fourth-order valence-corrected chi connectivity index (χ4v) is 4.22. The van der Waals surface area contributed by atoms with Crippen LogP contribution in [0.25, 0.3) is 0 Å². The highest BCUT2D eigenvalue weighted by atomic mass is 127. The first kappa shape index (κ1) is 26.4. The minimum absolute atomic E-state index is 0.152. The number of carbonyl (C=O) groups excluding carboxylic acids is 2. The van der Waals surface area contributed by atoms with Crippen molar-refractivity contribution in [3.8, 4) is 5.75 Å². The largest absolute Gasteiger partial charge is 0.506 e. The van der Waals surface area contributed by atoms with E-state index in [4.69, 9.17) is 11.6 Å². The molecule has 2 atom stereocenters. The zero-order valence-corrected chi connectivity index (χ0v) is 21.0. The van der Waals surface area contributed by atoms with E-state index >= 15 is 0 Å². The Morgan fingerprint density at radius 1 is 1.26 bits per heavy atom. The highest BCUT2D eigenvalue weighted by Gasteiger charge is 2.23. The summed E-state index contributed by atoms with van der Waals surface area (Å²) in [6.07, 6.45) is 1.73. The number of guanidine groups is 1. The van der Waals surface area contributed by atoms with Crippen LogP contribution in [0.4, 0.5) is 5.69 Å². The fraction of sp³-hybridized carbons (Fsp3) is 0.286. The number of nitrogens with one attached hydrogen (secondary N) is 4. The Kier molecular flexibility index (Phi) is 9.06. The molecule has 0 spiro atoms. The van der Waals surface area contributed by atoms with Gasteiger partial charge in [-0.25, -0.2) is 0 Å². The number of aliphatic imine (C=N–C) groups is 1. The number of carboxylic acid groups (broad SMARTS) is 1. The van der Waals surface area contributed by atoms with Crippen LogP contribution in [0, 0.1) is 3.57 Å². The van der Waals surface area contributed by atoms with Gasteiger partial charge in [0.05, 0.1) is 52.7 Å². The summed E-state index contributed by atoms with van der Waals surface area (Å²) in [6, 6.07) is 3.31. The van der Waals surface area contributed by atoms with Crippen LogP contribution in [0.15, 0.2) is 35.6 Å². The van der Waals surface area contributed by atoms with Crippen molar-refractivity contribution in [2.75, 3.05) is 25.0 Å². The van der Waals surface area contributed by atoms with Crippen LogP contribution in [-0.4, -0.2) is 69.8 Å². The Bertz CT molecular complexity index is 1160. The van der Waals surface area contributed by atoms with Crippen LogP contribution in [0.2, 0.25) is 5.02 Å². The first-order valence-electron chi connectivity index (χ1n) is 10.3. The maximum Gasteiger partial charge on any atom is 0.305 e.